The van der Waals surface area contributed by atoms with Gasteiger partial charge in [-0.3, -0.25) is 0 Å². The minimum absolute atomic E-state index is 0.637. The van der Waals surface area contributed by atoms with E-state index in [9.17, 15) is 5.11 Å². The van der Waals surface area contributed by atoms with E-state index in [-0.39, 0.29) is 0 Å². The predicted molar refractivity (Wildman–Crippen MR) is 74.4 cm³/mol. The Morgan fingerprint density at radius 3 is 2.41 bits per heavy atom. The lowest BCUT2D eigenvalue weighted by molar-refractivity contribution is 0.219. The summed E-state index contributed by atoms with van der Waals surface area (Å²) >= 11 is 9.33. The van der Waals surface area contributed by atoms with E-state index in [0.29, 0.717) is 5.02 Å². The molecule has 0 fully saturated rings. The van der Waals surface area contributed by atoms with Gasteiger partial charge in [0.05, 0.1) is 0 Å². The second-order valence-electron chi connectivity index (χ2n) is 3.95. The Morgan fingerprint density at radius 2 is 1.76 bits per heavy atom. The molecule has 0 bridgehead atoms. The largest absolute Gasteiger partial charge is 0.384 e. The fraction of sp³-hybridized carbons (Fsp3) is 0.143. The topological polar surface area (TPSA) is 20.2 Å². The van der Waals surface area contributed by atoms with Crippen LogP contribution >= 0.6 is 27.5 Å². The van der Waals surface area contributed by atoms with Crippen molar-refractivity contribution in [2.24, 2.45) is 0 Å². The maximum absolute atomic E-state index is 10.3. The summed E-state index contributed by atoms with van der Waals surface area (Å²) in [5.74, 6) is 0. The lowest BCUT2D eigenvalue weighted by atomic mass is 9.98. The predicted octanol–water partition coefficient (Wildman–Crippen LogP) is 4.49. The van der Waals surface area contributed by atoms with Gasteiger partial charge in [-0.15, -0.1) is 0 Å². The van der Waals surface area contributed by atoms with Gasteiger partial charge in [0.25, 0.3) is 0 Å². The van der Waals surface area contributed by atoms with Gasteiger partial charge in [-0.25, -0.2) is 0 Å². The smallest absolute Gasteiger partial charge is 0.104 e. The molecule has 0 spiro atoms. The molecular formula is C14H12BrClO. The molecule has 1 atom stereocenters. The van der Waals surface area contributed by atoms with Crippen LogP contribution in [0.3, 0.4) is 0 Å². The van der Waals surface area contributed by atoms with Crippen LogP contribution in [0.15, 0.2) is 46.9 Å². The Labute approximate surface area is 114 Å². The molecule has 3 heteroatoms. The summed E-state index contributed by atoms with van der Waals surface area (Å²) in [7, 11) is 0. The lowest BCUT2D eigenvalue weighted by Crippen LogP contribution is -2.01. The molecule has 0 aliphatic rings. The molecule has 0 aliphatic carbocycles. The molecule has 0 unspecified atom stereocenters. The summed E-state index contributed by atoms with van der Waals surface area (Å²) in [4.78, 5) is 0. The quantitative estimate of drug-likeness (QED) is 0.866. The zero-order valence-corrected chi connectivity index (χ0v) is 11.7. The highest BCUT2D eigenvalue weighted by molar-refractivity contribution is 9.10. The van der Waals surface area contributed by atoms with Gasteiger partial charge < -0.3 is 5.11 Å². The fourth-order valence-electron chi connectivity index (χ4n) is 1.73. The van der Waals surface area contributed by atoms with Gasteiger partial charge in [-0.1, -0.05) is 45.7 Å². The van der Waals surface area contributed by atoms with E-state index in [2.05, 4.69) is 15.9 Å². The molecule has 88 valence electrons. The van der Waals surface area contributed by atoms with Crippen LogP contribution in [-0.4, -0.2) is 5.11 Å². The number of aliphatic hydroxyl groups excluding tert-OH is 1. The second-order valence-corrected chi connectivity index (χ2v) is 5.31. The lowest BCUT2D eigenvalue weighted by Gasteiger charge is -2.14. The molecule has 0 heterocycles. The molecule has 0 amide bonds. The van der Waals surface area contributed by atoms with Crippen LogP contribution in [0.1, 0.15) is 22.8 Å². The van der Waals surface area contributed by atoms with Crippen molar-refractivity contribution in [1.29, 1.82) is 0 Å². The third kappa shape index (κ3) is 2.89. The minimum Gasteiger partial charge on any atom is -0.384 e. The summed E-state index contributed by atoms with van der Waals surface area (Å²) in [6.45, 7) is 1.97. The number of halogens is 2. The van der Waals surface area contributed by atoms with E-state index in [0.717, 1.165) is 21.2 Å². The van der Waals surface area contributed by atoms with Gasteiger partial charge in [-0.2, -0.15) is 0 Å². The Morgan fingerprint density at radius 1 is 1.12 bits per heavy atom. The van der Waals surface area contributed by atoms with Crippen LogP contribution in [0.2, 0.25) is 5.02 Å². The van der Waals surface area contributed by atoms with E-state index < -0.39 is 6.10 Å². The van der Waals surface area contributed by atoms with Gasteiger partial charge in [0.2, 0.25) is 0 Å². The van der Waals surface area contributed by atoms with Crippen molar-refractivity contribution in [3.8, 4) is 0 Å². The molecule has 17 heavy (non-hydrogen) atoms. The van der Waals surface area contributed by atoms with Crippen molar-refractivity contribution in [1.82, 2.24) is 0 Å². The molecule has 1 nitrogen and oxygen atoms in total. The Bertz CT molecular complexity index is 522. The third-order valence-electron chi connectivity index (χ3n) is 2.72. The van der Waals surface area contributed by atoms with Gasteiger partial charge in [0, 0.05) is 9.50 Å². The Hall–Kier alpha value is -0.830. The maximum Gasteiger partial charge on any atom is 0.104 e. The van der Waals surface area contributed by atoms with Crippen molar-refractivity contribution in [2.75, 3.05) is 0 Å². The van der Waals surface area contributed by atoms with Crippen LogP contribution in [0.4, 0.5) is 0 Å². The number of rotatable bonds is 2. The Balaban J connectivity index is 2.39. The van der Waals surface area contributed by atoms with Crippen LogP contribution in [-0.2, 0) is 0 Å². The monoisotopic (exact) mass is 310 g/mol. The van der Waals surface area contributed by atoms with E-state index in [1.54, 1.807) is 0 Å². The van der Waals surface area contributed by atoms with E-state index >= 15 is 0 Å². The van der Waals surface area contributed by atoms with Gasteiger partial charge >= 0.3 is 0 Å². The first-order valence-corrected chi connectivity index (χ1v) is 6.44. The SMILES string of the molecule is Cc1ccc(Cl)cc1[C@@H](O)c1ccc(Br)cc1. The maximum atomic E-state index is 10.3. The first kappa shape index (κ1) is 12.6. The minimum atomic E-state index is -0.637. The standard InChI is InChI=1S/C14H12BrClO/c1-9-2-7-12(16)8-13(9)14(17)10-3-5-11(15)6-4-10/h2-8,14,17H,1H3/t14-/m0/s1. The number of benzene rings is 2. The van der Waals surface area contributed by atoms with Crippen LogP contribution in [0.25, 0.3) is 0 Å². The van der Waals surface area contributed by atoms with Gasteiger partial charge in [0.1, 0.15) is 6.10 Å². The summed E-state index contributed by atoms with van der Waals surface area (Å²) < 4.78 is 0.997. The fourth-order valence-corrected chi connectivity index (χ4v) is 2.18. The number of hydrogen-bond donors (Lipinski definition) is 1. The molecule has 1 N–H and O–H groups in total. The molecule has 0 radical (unpaired) electrons. The highest BCUT2D eigenvalue weighted by Gasteiger charge is 2.13. The average molecular weight is 312 g/mol. The Kier molecular flexibility index (Phi) is 3.87. The summed E-state index contributed by atoms with van der Waals surface area (Å²) in [6.07, 6.45) is -0.637. The highest BCUT2D eigenvalue weighted by Crippen LogP contribution is 2.27. The zero-order valence-electron chi connectivity index (χ0n) is 9.32. The summed E-state index contributed by atoms with van der Waals surface area (Å²) in [5, 5.41) is 11.0. The van der Waals surface area contributed by atoms with Gasteiger partial charge in [-0.05, 0) is 47.9 Å². The molecule has 2 aromatic carbocycles. The molecule has 2 aromatic rings. The normalized spacial score (nSPS) is 12.5. The second kappa shape index (κ2) is 5.21. The van der Waals surface area contributed by atoms with Crippen molar-refractivity contribution < 1.29 is 5.11 Å². The van der Waals surface area contributed by atoms with Crippen LogP contribution in [0.5, 0.6) is 0 Å². The summed E-state index contributed by atoms with van der Waals surface area (Å²) in [6, 6.07) is 13.2. The molecule has 0 saturated carbocycles. The van der Waals surface area contributed by atoms with Crippen LogP contribution in [0, 0.1) is 6.92 Å². The zero-order chi connectivity index (χ0) is 12.4. The van der Waals surface area contributed by atoms with Crippen molar-refractivity contribution in [3.05, 3.63) is 68.7 Å². The van der Waals surface area contributed by atoms with Crippen molar-refractivity contribution >= 4 is 27.5 Å². The molecule has 0 aromatic heterocycles. The molecular weight excluding hydrogens is 300 g/mol. The first-order valence-electron chi connectivity index (χ1n) is 5.27. The average Bonchev–Trinajstić information content (AvgIpc) is 2.32. The third-order valence-corrected chi connectivity index (χ3v) is 3.49. The van der Waals surface area contributed by atoms with E-state index in [4.69, 9.17) is 11.6 Å². The van der Waals surface area contributed by atoms with E-state index in [1.165, 1.54) is 0 Å². The van der Waals surface area contributed by atoms with E-state index in [1.807, 2.05) is 49.4 Å². The number of hydrogen-bond acceptors (Lipinski definition) is 1. The first-order chi connectivity index (χ1) is 8.08. The van der Waals surface area contributed by atoms with Crippen molar-refractivity contribution in [3.63, 3.8) is 0 Å². The van der Waals surface area contributed by atoms with Crippen molar-refractivity contribution in [2.45, 2.75) is 13.0 Å². The van der Waals surface area contributed by atoms with Gasteiger partial charge in [0.15, 0.2) is 0 Å². The molecule has 0 saturated heterocycles. The molecule has 0 aliphatic heterocycles. The van der Waals surface area contributed by atoms with Crippen LogP contribution < -0.4 is 0 Å². The molecule has 2 rings (SSSR count). The summed E-state index contributed by atoms with van der Waals surface area (Å²) in [5.41, 5.74) is 2.74. The number of aliphatic hydroxyl groups is 1. The number of aryl methyl sites for hydroxylation is 1. The highest BCUT2D eigenvalue weighted by atomic mass is 79.9.